The highest BCUT2D eigenvalue weighted by molar-refractivity contribution is 9.10. The largest absolute Gasteiger partial charge is 0.474 e. The number of rotatable bonds is 1. The Bertz CT molecular complexity index is 248. The smallest absolute Gasteiger partial charge is 0.392 e. The molecule has 1 N–H and O–H groups in total. The van der Waals surface area contributed by atoms with Gasteiger partial charge in [0.1, 0.15) is 10.4 Å². The molecule has 0 aliphatic carbocycles. The molecule has 0 bridgehead atoms. The van der Waals surface area contributed by atoms with Crippen LogP contribution in [0.15, 0.2) is 9.02 Å². The Balaban J connectivity index is 3.10. The first kappa shape index (κ1) is 7.27. The average Bonchev–Trinajstić information content (AvgIpc) is 2.13. The van der Waals surface area contributed by atoms with E-state index in [0.717, 1.165) is 0 Å². The van der Waals surface area contributed by atoms with Crippen LogP contribution < -0.4 is 0 Å². The molecule has 0 atom stereocenters. The zero-order valence-corrected chi connectivity index (χ0v) is 6.67. The van der Waals surface area contributed by atoms with Crippen LogP contribution in [0.2, 0.25) is 0 Å². The molecule has 54 valence electrons. The van der Waals surface area contributed by atoms with Crippen LogP contribution in [-0.4, -0.2) is 16.1 Å². The Morgan fingerprint density at radius 1 is 1.80 bits per heavy atom. The molecular formula is C5H4BrNO3. The lowest BCUT2D eigenvalue weighted by Crippen LogP contribution is -1.94. The quantitative estimate of drug-likeness (QED) is 0.754. The summed E-state index contributed by atoms with van der Waals surface area (Å²) in [4.78, 5) is 13.7. The van der Waals surface area contributed by atoms with Crippen molar-refractivity contribution in [3.63, 3.8) is 0 Å². The molecule has 0 spiro atoms. The minimum atomic E-state index is -1.16. The lowest BCUT2D eigenvalue weighted by Gasteiger charge is -1.79. The van der Waals surface area contributed by atoms with Gasteiger partial charge in [-0.3, -0.25) is 0 Å². The van der Waals surface area contributed by atoms with Gasteiger partial charge in [-0.15, -0.1) is 0 Å². The third-order valence-electron chi connectivity index (χ3n) is 0.923. The van der Waals surface area contributed by atoms with Gasteiger partial charge in [0, 0.05) is 0 Å². The highest BCUT2D eigenvalue weighted by Gasteiger charge is 2.12. The molecule has 0 radical (unpaired) electrons. The summed E-state index contributed by atoms with van der Waals surface area (Å²) in [6.07, 6.45) is 0. The van der Waals surface area contributed by atoms with E-state index in [4.69, 9.17) is 9.52 Å². The van der Waals surface area contributed by atoms with Gasteiger partial charge >= 0.3 is 11.9 Å². The van der Waals surface area contributed by atoms with E-state index in [1.807, 2.05) is 0 Å². The van der Waals surface area contributed by atoms with Crippen LogP contribution in [0.5, 0.6) is 0 Å². The fraction of sp³-hybridized carbons (Fsp3) is 0.200. The highest BCUT2D eigenvalue weighted by Crippen LogP contribution is 2.15. The molecule has 0 saturated carbocycles. The Morgan fingerprint density at radius 3 is 2.60 bits per heavy atom. The molecular weight excluding hydrogens is 202 g/mol. The third-order valence-corrected chi connectivity index (χ3v) is 1.66. The molecule has 1 heterocycles. The zero-order chi connectivity index (χ0) is 7.72. The number of aromatic carboxylic acids is 1. The molecule has 0 aliphatic heterocycles. The maximum Gasteiger partial charge on any atom is 0.392 e. The standard InChI is InChI=1S/C5H4BrNO3/c1-2-3(6)7-4(10-2)5(8)9/h1H3,(H,8,9). The molecule has 0 saturated heterocycles. The molecule has 0 aromatic carbocycles. The van der Waals surface area contributed by atoms with Crippen molar-refractivity contribution in [2.24, 2.45) is 0 Å². The van der Waals surface area contributed by atoms with Crippen LogP contribution in [0.3, 0.4) is 0 Å². The lowest BCUT2D eigenvalue weighted by atomic mass is 10.6. The Kier molecular flexibility index (Phi) is 1.76. The maximum atomic E-state index is 10.2. The molecule has 10 heavy (non-hydrogen) atoms. The van der Waals surface area contributed by atoms with Crippen molar-refractivity contribution in [2.45, 2.75) is 6.92 Å². The van der Waals surface area contributed by atoms with Gasteiger partial charge in [-0.2, -0.15) is 4.98 Å². The van der Waals surface area contributed by atoms with Gasteiger partial charge < -0.3 is 9.52 Å². The number of hydrogen-bond donors (Lipinski definition) is 1. The highest BCUT2D eigenvalue weighted by atomic mass is 79.9. The molecule has 0 amide bonds. The predicted molar refractivity (Wildman–Crippen MR) is 35.9 cm³/mol. The molecule has 1 aromatic rings. The second kappa shape index (κ2) is 2.42. The van der Waals surface area contributed by atoms with E-state index in [1.165, 1.54) is 0 Å². The van der Waals surface area contributed by atoms with Gasteiger partial charge in [-0.25, -0.2) is 4.79 Å². The topological polar surface area (TPSA) is 63.3 Å². The molecule has 0 aliphatic rings. The van der Waals surface area contributed by atoms with Gasteiger partial charge in [0.15, 0.2) is 0 Å². The van der Waals surface area contributed by atoms with Crippen molar-refractivity contribution >= 4 is 21.9 Å². The van der Waals surface area contributed by atoms with Crippen molar-refractivity contribution in [2.75, 3.05) is 0 Å². The van der Waals surface area contributed by atoms with Crippen LogP contribution in [0.1, 0.15) is 16.4 Å². The SMILES string of the molecule is Cc1oc(C(=O)O)nc1Br. The fourth-order valence-corrected chi connectivity index (χ4v) is 0.711. The molecule has 4 nitrogen and oxygen atoms in total. The zero-order valence-electron chi connectivity index (χ0n) is 5.09. The predicted octanol–water partition coefficient (Wildman–Crippen LogP) is 1.44. The van der Waals surface area contributed by atoms with Crippen LogP contribution in [0.25, 0.3) is 0 Å². The van der Waals surface area contributed by atoms with E-state index >= 15 is 0 Å². The summed E-state index contributed by atoms with van der Waals surface area (Å²) < 4.78 is 5.15. The second-order valence-corrected chi connectivity index (χ2v) is 2.42. The van der Waals surface area contributed by atoms with Crippen molar-refractivity contribution < 1.29 is 14.3 Å². The number of halogens is 1. The Labute approximate surface area is 65.0 Å². The number of nitrogens with zero attached hydrogens (tertiary/aromatic N) is 1. The molecule has 0 fully saturated rings. The first-order valence-electron chi connectivity index (χ1n) is 2.47. The van der Waals surface area contributed by atoms with Crippen molar-refractivity contribution in [1.82, 2.24) is 4.98 Å². The van der Waals surface area contributed by atoms with Crippen molar-refractivity contribution in [3.05, 3.63) is 16.3 Å². The van der Waals surface area contributed by atoms with E-state index in [2.05, 4.69) is 20.9 Å². The normalized spacial score (nSPS) is 9.80. The monoisotopic (exact) mass is 205 g/mol. The fourth-order valence-electron chi connectivity index (χ4n) is 0.469. The number of carboxylic acid groups (broad SMARTS) is 1. The van der Waals surface area contributed by atoms with Gasteiger partial charge in [0.25, 0.3) is 0 Å². The lowest BCUT2D eigenvalue weighted by molar-refractivity contribution is 0.0652. The van der Waals surface area contributed by atoms with Gasteiger partial charge in [-0.1, -0.05) is 0 Å². The number of aryl methyl sites for hydroxylation is 1. The van der Waals surface area contributed by atoms with Gasteiger partial charge in [0.2, 0.25) is 0 Å². The summed E-state index contributed by atoms with van der Waals surface area (Å²) in [6, 6.07) is 0. The van der Waals surface area contributed by atoms with E-state index in [0.29, 0.717) is 10.4 Å². The average molecular weight is 206 g/mol. The maximum absolute atomic E-state index is 10.2. The Morgan fingerprint density at radius 2 is 2.40 bits per heavy atom. The summed E-state index contributed by atoms with van der Waals surface area (Å²) in [6.45, 7) is 1.63. The van der Waals surface area contributed by atoms with Crippen molar-refractivity contribution in [3.8, 4) is 0 Å². The van der Waals surface area contributed by atoms with Crippen LogP contribution in [-0.2, 0) is 0 Å². The number of aromatic nitrogens is 1. The van der Waals surface area contributed by atoms with Crippen molar-refractivity contribution in [1.29, 1.82) is 0 Å². The first-order valence-corrected chi connectivity index (χ1v) is 3.27. The summed E-state index contributed by atoms with van der Waals surface area (Å²) in [5.41, 5.74) is 0. The summed E-state index contributed by atoms with van der Waals surface area (Å²) in [7, 11) is 0. The summed E-state index contributed by atoms with van der Waals surface area (Å²) in [5, 5.41) is 8.35. The summed E-state index contributed by atoms with van der Waals surface area (Å²) >= 11 is 3.02. The molecule has 1 aromatic heterocycles. The molecule has 1 rings (SSSR count). The number of carboxylic acids is 1. The summed E-state index contributed by atoms with van der Waals surface area (Å²) in [5.74, 6) is -0.976. The minimum absolute atomic E-state index is 0.288. The van der Waals surface area contributed by atoms with Crippen LogP contribution in [0.4, 0.5) is 0 Å². The third kappa shape index (κ3) is 1.18. The second-order valence-electron chi connectivity index (χ2n) is 1.67. The van der Waals surface area contributed by atoms with Gasteiger partial charge in [0.05, 0.1) is 0 Å². The first-order chi connectivity index (χ1) is 4.61. The number of hydrogen-bond acceptors (Lipinski definition) is 3. The van der Waals surface area contributed by atoms with E-state index in [9.17, 15) is 4.79 Å². The van der Waals surface area contributed by atoms with E-state index in [-0.39, 0.29) is 5.89 Å². The van der Waals surface area contributed by atoms with E-state index in [1.54, 1.807) is 6.92 Å². The van der Waals surface area contributed by atoms with Gasteiger partial charge in [-0.05, 0) is 22.9 Å². The number of carbonyl (C=O) groups is 1. The van der Waals surface area contributed by atoms with Crippen LogP contribution in [0, 0.1) is 6.92 Å². The molecule has 5 heteroatoms. The number of oxazole rings is 1. The molecule has 0 unspecified atom stereocenters. The van der Waals surface area contributed by atoms with E-state index < -0.39 is 5.97 Å². The minimum Gasteiger partial charge on any atom is -0.474 e. The van der Waals surface area contributed by atoms with Crippen LogP contribution >= 0.6 is 15.9 Å². The Hall–Kier alpha value is -0.840.